The molecule has 0 radical (unpaired) electrons. The summed E-state index contributed by atoms with van der Waals surface area (Å²) in [5.41, 5.74) is 9.97. The van der Waals surface area contributed by atoms with Crippen LogP contribution >= 0.6 is 0 Å². The van der Waals surface area contributed by atoms with Crippen LogP contribution in [0.1, 0.15) is 49.9 Å². The van der Waals surface area contributed by atoms with Gasteiger partial charge in [0.15, 0.2) is 0 Å². The van der Waals surface area contributed by atoms with Crippen LogP contribution in [0, 0.1) is 18.6 Å². The number of ether oxygens (including phenoxy) is 1. The Morgan fingerprint density at radius 2 is 2.00 bits per heavy atom. The highest BCUT2D eigenvalue weighted by Crippen LogP contribution is 2.37. The van der Waals surface area contributed by atoms with Crippen LogP contribution < -0.4 is 5.73 Å². The zero-order valence-electron chi connectivity index (χ0n) is 19.2. The predicted octanol–water partition coefficient (Wildman–Crippen LogP) is 5.01. The van der Waals surface area contributed by atoms with Crippen LogP contribution in [0.5, 0.6) is 0 Å². The first kappa shape index (κ1) is 22.5. The van der Waals surface area contributed by atoms with Gasteiger partial charge < -0.3 is 10.5 Å². The van der Waals surface area contributed by atoms with Crippen molar-refractivity contribution in [3.05, 3.63) is 65.3 Å². The van der Waals surface area contributed by atoms with Crippen LogP contribution in [-0.2, 0) is 4.74 Å². The molecule has 3 heterocycles. The van der Waals surface area contributed by atoms with Crippen molar-refractivity contribution in [1.82, 2.24) is 15.0 Å². The van der Waals surface area contributed by atoms with Crippen molar-refractivity contribution < 1.29 is 13.5 Å². The van der Waals surface area contributed by atoms with Gasteiger partial charge in [0.2, 0.25) is 0 Å². The summed E-state index contributed by atoms with van der Waals surface area (Å²) in [6, 6.07) is 5.80. The van der Waals surface area contributed by atoms with E-state index in [0.717, 1.165) is 42.3 Å². The summed E-state index contributed by atoms with van der Waals surface area (Å²) in [4.78, 5) is 18.5. The number of hydrogen-bond donors (Lipinski definition) is 1. The molecule has 5 rings (SSSR count). The van der Waals surface area contributed by atoms with Gasteiger partial charge in [-0.25, -0.2) is 18.7 Å². The Morgan fingerprint density at radius 3 is 2.74 bits per heavy atom. The number of aryl methyl sites for hydroxylation is 1. The first-order valence-electron chi connectivity index (χ1n) is 11.6. The van der Waals surface area contributed by atoms with E-state index in [1.54, 1.807) is 12.4 Å². The van der Waals surface area contributed by atoms with Gasteiger partial charge in [-0.1, -0.05) is 0 Å². The number of halogens is 2. The minimum absolute atomic E-state index is 0.0277. The Morgan fingerprint density at radius 1 is 1.18 bits per heavy atom. The first-order valence-corrected chi connectivity index (χ1v) is 11.6. The lowest BCUT2D eigenvalue weighted by Crippen LogP contribution is -2.32. The van der Waals surface area contributed by atoms with E-state index in [4.69, 9.17) is 15.5 Å². The molecule has 1 saturated carbocycles. The van der Waals surface area contributed by atoms with E-state index >= 15 is 0 Å². The number of pyridine rings is 1. The highest BCUT2D eigenvalue weighted by molar-refractivity contribution is 5.89. The standard InChI is InChI=1S/C26H27F2N5O/c1-14-12-31-26-23(32-14)10-22(33-25(26)20-6-3-18(27)9-21(20)28)16-7-15(2)34-24(8-16)17(11-29)13-30-19-4-5-19/h3,6,9-13,15-16,19,24H,4-5,7-8,29H2,1-2H3/b17-11+,30-13?/t15-,16-,24+/m1/s1. The monoisotopic (exact) mass is 463 g/mol. The largest absolute Gasteiger partial charge is 0.404 e. The minimum Gasteiger partial charge on any atom is -0.404 e. The second kappa shape index (κ2) is 9.18. The minimum atomic E-state index is -0.684. The third-order valence-electron chi connectivity index (χ3n) is 6.33. The van der Waals surface area contributed by atoms with E-state index in [9.17, 15) is 8.78 Å². The van der Waals surface area contributed by atoms with Gasteiger partial charge in [0, 0.05) is 47.4 Å². The third kappa shape index (κ3) is 4.68. The number of rotatable bonds is 5. The zero-order valence-corrected chi connectivity index (χ0v) is 19.2. The van der Waals surface area contributed by atoms with Gasteiger partial charge in [-0.15, -0.1) is 0 Å². The lowest BCUT2D eigenvalue weighted by molar-refractivity contribution is -0.0266. The van der Waals surface area contributed by atoms with Gasteiger partial charge >= 0.3 is 0 Å². The van der Waals surface area contributed by atoms with E-state index in [-0.39, 0.29) is 23.7 Å². The lowest BCUT2D eigenvalue weighted by Gasteiger charge is -2.34. The average Bonchev–Trinajstić information content (AvgIpc) is 3.63. The highest BCUT2D eigenvalue weighted by atomic mass is 19.1. The van der Waals surface area contributed by atoms with Crippen LogP contribution in [0.4, 0.5) is 8.78 Å². The Kier molecular flexibility index (Phi) is 6.08. The summed E-state index contributed by atoms with van der Waals surface area (Å²) >= 11 is 0. The van der Waals surface area contributed by atoms with Gasteiger partial charge in [0.05, 0.1) is 29.5 Å². The maximum absolute atomic E-state index is 14.8. The second-order valence-corrected chi connectivity index (χ2v) is 9.18. The predicted molar refractivity (Wildman–Crippen MR) is 128 cm³/mol. The van der Waals surface area contributed by atoms with E-state index in [0.29, 0.717) is 29.2 Å². The molecule has 3 aromatic rings. The normalized spacial score (nSPS) is 23.6. The quantitative estimate of drug-likeness (QED) is 0.538. The number of nitrogens with two attached hydrogens (primary N) is 1. The Labute approximate surface area is 197 Å². The van der Waals surface area contributed by atoms with Crippen molar-refractivity contribution in [3.8, 4) is 11.3 Å². The van der Waals surface area contributed by atoms with Gasteiger partial charge in [-0.05, 0) is 57.7 Å². The summed E-state index contributed by atoms with van der Waals surface area (Å²) < 4.78 is 34.5. The van der Waals surface area contributed by atoms with Crippen molar-refractivity contribution >= 4 is 17.2 Å². The average molecular weight is 464 g/mol. The molecule has 1 aromatic carbocycles. The van der Waals surface area contributed by atoms with Crippen molar-refractivity contribution in [2.24, 2.45) is 10.7 Å². The molecule has 176 valence electrons. The number of benzene rings is 1. The van der Waals surface area contributed by atoms with Crippen LogP contribution in [0.25, 0.3) is 22.3 Å². The number of aromatic nitrogens is 3. The summed E-state index contributed by atoms with van der Waals surface area (Å²) in [5, 5.41) is 0. The zero-order chi connectivity index (χ0) is 23.8. The van der Waals surface area contributed by atoms with Crippen LogP contribution in [0.2, 0.25) is 0 Å². The molecule has 6 nitrogen and oxygen atoms in total. The van der Waals surface area contributed by atoms with Gasteiger partial charge in [-0.2, -0.15) is 0 Å². The fourth-order valence-electron chi connectivity index (χ4n) is 4.46. The Hall–Kier alpha value is -3.26. The van der Waals surface area contributed by atoms with E-state index in [1.807, 2.05) is 26.1 Å². The van der Waals surface area contributed by atoms with Crippen molar-refractivity contribution in [2.45, 2.75) is 63.7 Å². The van der Waals surface area contributed by atoms with Gasteiger partial charge in [0.1, 0.15) is 22.8 Å². The molecule has 1 aliphatic carbocycles. The molecule has 34 heavy (non-hydrogen) atoms. The van der Waals surface area contributed by atoms with E-state index in [2.05, 4.69) is 15.0 Å². The molecular formula is C26H27F2N5O. The van der Waals surface area contributed by atoms with Gasteiger partial charge in [0.25, 0.3) is 0 Å². The number of fused-ring (bicyclic) bond motifs is 1. The molecule has 0 unspecified atom stereocenters. The maximum atomic E-state index is 14.8. The summed E-state index contributed by atoms with van der Waals surface area (Å²) in [5.74, 6) is -1.29. The molecule has 0 spiro atoms. The Balaban J connectivity index is 1.56. The molecule has 2 aromatic heterocycles. The maximum Gasteiger partial charge on any atom is 0.135 e. The van der Waals surface area contributed by atoms with Crippen LogP contribution in [0.15, 0.2) is 47.2 Å². The first-order chi connectivity index (χ1) is 16.4. The van der Waals surface area contributed by atoms with Crippen molar-refractivity contribution in [2.75, 3.05) is 0 Å². The SMILES string of the molecule is Cc1cnc2c(-c3ccc(F)cc3F)nc([C@@H]3C[C@@H](C)O[C@H](/C(C=NC4CC4)=C/N)C3)cc2n1. The van der Waals surface area contributed by atoms with E-state index in [1.165, 1.54) is 12.1 Å². The number of hydrogen-bond acceptors (Lipinski definition) is 6. The lowest BCUT2D eigenvalue weighted by atomic mass is 9.86. The molecule has 3 atom stereocenters. The molecule has 2 aliphatic rings. The highest BCUT2D eigenvalue weighted by Gasteiger charge is 2.32. The van der Waals surface area contributed by atoms with Crippen LogP contribution in [0.3, 0.4) is 0 Å². The smallest absolute Gasteiger partial charge is 0.135 e. The molecule has 0 bridgehead atoms. The number of nitrogens with zero attached hydrogens (tertiary/aromatic N) is 4. The number of aliphatic imine (C=N–C) groups is 1. The van der Waals surface area contributed by atoms with Gasteiger partial charge in [-0.3, -0.25) is 9.98 Å². The molecule has 2 N–H and O–H groups in total. The molecule has 1 saturated heterocycles. The third-order valence-corrected chi connectivity index (χ3v) is 6.33. The second-order valence-electron chi connectivity index (χ2n) is 9.18. The van der Waals surface area contributed by atoms with Crippen LogP contribution in [-0.4, -0.2) is 39.4 Å². The molecule has 8 heteroatoms. The molecule has 0 amide bonds. The summed E-state index contributed by atoms with van der Waals surface area (Å²) in [7, 11) is 0. The molecule has 1 aliphatic heterocycles. The fraction of sp³-hybridized carbons (Fsp3) is 0.385. The van der Waals surface area contributed by atoms with Crippen molar-refractivity contribution in [3.63, 3.8) is 0 Å². The molecular weight excluding hydrogens is 436 g/mol. The van der Waals surface area contributed by atoms with Crippen molar-refractivity contribution in [1.29, 1.82) is 0 Å². The summed E-state index contributed by atoms with van der Waals surface area (Å²) in [6.07, 6.45) is 8.41. The topological polar surface area (TPSA) is 86.3 Å². The Bertz CT molecular complexity index is 1290. The summed E-state index contributed by atoms with van der Waals surface area (Å²) in [6.45, 7) is 3.88. The van der Waals surface area contributed by atoms with E-state index < -0.39 is 11.6 Å². The fourth-order valence-corrected chi connectivity index (χ4v) is 4.46. The molecule has 2 fully saturated rings.